The van der Waals surface area contributed by atoms with E-state index in [1.807, 2.05) is 35.1 Å². The average Bonchev–Trinajstić information content (AvgIpc) is 3.13. The molecule has 0 aliphatic carbocycles. The molecular formula is C17H20N4OS2. The lowest BCUT2D eigenvalue weighted by Gasteiger charge is -2.08. The standard InChI is InChI=1S/C17H20N4OS2/c1-3-20-15(11-14-7-5-4-6-8-14)18-19-16(20)23-10-9-21-13(2)12-24-17(21)22/h4-8,12H,3,9-11H2,1-2H3. The van der Waals surface area contributed by atoms with Gasteiger partial charge in [-0.05, 0) is 19.4 Å². The Hall–Kier alpha value is -1.86. The molecule has 0 spiro atoms. The number of thiazole rings is 1. The molecule has 5 nitrogen and oxygen atoms in total. The van der Waals surface area contributed by atoms with Crippen LogP contribution in [0.3, 0.4) is 0 Å². The number of hydrogen-bond acceptors (Lipinski definition) is 5. The Bertz CT molecular complexity index is 851. The van der Waals surface area contributed by atoms with Crippen LogP contribution in [0.2, 0.25) is 0 Å². The fourth-order valence-electron chi connectivity index (χ4n) is 2.56. The minimum Gasteiger partial charge on any atom is -0.306 e. The SMILES string of the molecule is CCn1c(Cc2ccccc2)nnc1SCCn1c(C)csc1=O. The van der Waals surface area contributed by atoms with E-state index in [0.717, 1.165) is 35.4 Å². The second-order valence-electron chi connectivity index (χ2n) is 5.45. The third kappa shape index (κ3) is 3.79. The molecule has 3 aromatic rings. The summed E-state index contributed by atoms with van der Waals surface area (Å²) in [5.74, 6) is 1.79. The molecule has 0 saturated carbocycles. The van der Waals surface area contributed by atoms with Crippen molar-refractivity contribution in [3.63, 3.8) is 0 Å². The third-order valence-electron chi connectivity index (χ3n) is 3.84. The maximum Gasteiger partial charge on any atom is 0.307 e. The van der Waals surface area contributed by atoms with Gasteiger partial charge in [0.15, 0.2) is 5.16 Å². The molecule has 0 saturated heterocycles. The minimum atomic E-state index is 0.106. The van der Waals surface area contributed by atoms with Gasteiger partial charge in [-0.1, -0.05) is 53.4 Å². The smallest absolute Gasteiger partial charge is 0.306 e. The number of hydrogen-bond donors (Lipinski definition) is 0. The van der Waals surface area contributed by atoms with Gasteiger partial charge in [-0.25, -0.2) is 0 Å². The molecule has 0 N–H and O–H groups in total. The van der Waals surface area contributed by atoms with E-state index in [9.17, 15) is 4.79 Å². The highest BCUT2D eigenvalue weighted by Gasteiger charge is 2.12. The first-order valence-electron chi connectivity index (χ1n) is 7.92. The number of benzene rings is 1. The van der Waals surface area contributed by atoms with Crippen molar-refractivity contribution in [3.8, 4) is 0 Å². The maximum absolute atomic E-state index is 11.8. The maximum atomic E-state index is 11.8. The Morgan fingerprint density at radius 2 is 1.96 bits per heavy atom. The van der Waals surface area contributed by atoms with E-state index in [4.69, 9.17) is 0 Å². The van der Waals surface area contributed by atoms with Gasteiger partial charge in [0.05, 0.1) is 0 Å². The van der Waals surface area contributed by atoms with E-state index in [0.29, 0.717) is 6.54 Å². The van der Waals surface area contributed by atoms with Gasteiger partial charge in [0.25, 0.3) is 0 Å². The summed E-state index contributed by atoms with van der Waals surface area (Å²) in [7, 11) is 0. The van der Waals surface area contributed by atoms with Gasteiger partial charge in [-0.2, -0.15) is 0 Å². The normalized spacial score (nSPS) is 11.1. The molecule has 0 aliphatic rings. The molecule has 0 aliphatic heterocycles. The number of thioether (sulfide) groups is 1. The van der Waals surface area contributed by atoms with Crippen molar-refractivity contribution in [2.45, 2.75) is 38.5 Å². The fourth-order valence-corrected chi connectivity index (χ4v) is 4.26. The zero-order valence-corrected chi connectivity index (χ0v) is 15.4. The van der Waals surface area contributed by atoms with Crippen molar-refractivity contribution in [3.05, 3.63) is 62.5 Å². The molecular weight excluding hydrogens is 340 g/mol. The first kappa shape index (κ1) is 17.0. The van der Waals surface area contributed by atoms with Crippen LogP contribution in [-0.2, 0) is 19.5 Å². The summed E-state index contributed by atoms with van der Waals surface area (Å²) in [6.07, 6.45) is 0.783. The number of aryl methyl sites for hydroxylation is 1. The highest BCUT2D eigenvalue weighted by Crippen LogP contribution is 2.19. The van der Waals surface area contributed by atoms with E-state index in [-0.39, 0.29) is 4.87 Å². The number of rotatable bonds is 7. The van der Waals surface area contributed by atoms with Crippen molar-refractivity contribution in [1.82, 2.24) is 19.3 Å². The summed E-state index contributed by atoms with van der Waals surface area (Å²) >= 11 is 2.91. The van der Waals surface area contributed by atoms with Gasteiger partial charge in [0.1, 0.15) is 5.82 Å². The van der Waals surface area contributed by atoms with Gasteiger partial charge in [-0.15, -0.1) is 10.2 Å². The summed E-state index contributed by atoms with van der Waals surface area (Å²) in [5.41, 5.74) is 2.25. The van der Waals surface area contributed by atoms with Crippen LogP contribution in [0.4, 0.5) is 0 Å². The van der Waals surface area contributed by atoms with Crippen molar-refractivity contribution in [2.75, 3.05) is 5.75 Å². The summed E-state index contributed by atoms with van der Waals surface area (Å²) in [5, 5.41) is 11.5. The molecule has 3 rings (SSSR count). The van der Waals surface area contributed by atoms with Gasteiger partial charge in [-0.3, -0.25) is 4.79 Å². The fraction of sp³-hybridized carbons (Fsp3) is 0.353. The summed E-state index contributed by atoms with van der Waals surface area (Å²) in [6, 6.07) is 10.3. The topological polar surface area (TPSA) is 52.7 Å². The number of nitrogens with zero attached hydrogens (tertiary/aromatic N) is 4. The lowest BCUT2D eigenvalue weighted by atomic mass is 10.1. The Balaban J connectivity index is 1.67. The van der Waals surface area contributed by atoms with E-state index in [2.05, 4.69) is 33.8 Å². The second-order valence-corrected chi connectivity index (χ2v) is 7.33. The van der Waals surface area contributed by atoms with E-state index < -0.39 is 0 Å². The first-order chi connectivity index (χ1) is 11.7. The molecule has 0 radical (unpaired) electrons. The van der Waals surface area contributed by atoms with Crippen LogP contribution in [0.1, 0.15) is 24.0 Å². The van der Waals surface area contributed by atoms with Gasteiger partial charge in [0.2, 0.25) is 0 Å². The van der Waals surface area contributed by atoms with Crippen molar-refractivity contribution >= 4 is 23.1 Å². The Morgan fingerprint density at radius 3 is 2.62 bits per heavy atom. The van der Waals surface area contributed by atoms with Crippen molar-refractivity contribution in [2.24, 2.45) is 0 Å². The van der Waals surface area contributed by atoms with Crippen LogP contribution in [0.15, 0.2) is 45.7 Å². The van der Waals surface area contributed by atoms with Gasteiger partial charge in [0, 0.05) is 36.3 Å². The quantitative estimate of drug-likeness (QED) is 0.607. The molecule has 2 heterocycles. The highest BCUT2D eigenvalue weighted by molar-refractivity contribution is 7.99. The highest BCUT2D eigenvalue weighted by atomic mass is 32.2. The molecule has 2 aromatic heterocycles. The molecule has 0 bridgehead atoms. The molecule has 0 unspecified atom stereocenters. The van der Waals surface area contributed by atoms with Crippen LogP contribution in [0.5, 0.6) is 0 Å². The lowest BCUT2D eigenvalue weighted by molar-refractivity contribution is 0.649. The predicted molar refractivity (Wildman–Crippen MR) is 99.0 cm³/mol. The van der Waals surface area contributed by atoms with E-state index >= 15 is 0 Å². The Morgan fingerprint density at radius 1 is 1.17 bits per heavy atom. The zero-order chi connectivity index (χ0) is 16.9. The van der Waals surface area contributed by atoms with Crippen LogP contribution >= 0.6 is 23.1 Å². The van der Waals surface area contributed by atoms with Crippen LogP contribution < -0.4 is 4.87 Å². The molecule has 24 heavy (non-hydrogen) atoms. The van der Waals surface area contributed by atoms with Crippen molar-refractivity contribution in [1.29, 1.82) is 0 Å². The molecule has 0 atom stereocenters. The average molecular weight is 361 g/mol. The molecule has 1 aromatic carbocycles. The monoisotopic (exact) mass is 360 g/mol. The predicted octanol–water partition coefficient (Wildman–Crippen LogP) is 3.21. The zero-order valence-electron chi connectivity index (χ0n) is 13.8. The molecule has 0 amide bonds. The molecule has 0 fully saturated rings. The summed E-state index contributed by atoms with van der Waals surface area (Å²) in [4.78, 5) is 11.9. The third-order valence-corrected chi connectivity index (χ3v) is 5.67. The van der Waals surface area contributed by atoms with Crippen molar-refractivity contribution < 1.29 is 0 Å². The Kier molecular flexibility index (Phi) is 5.52. The van der Waals surface area contributed by atoms with E-state index in [1.165, 1.54) is 16.9 Å². The van der Waals surface area contributed by atoms with Crippen LogP contribution in [0, 0.1) is 6.92 Å². The largest absolute Gasteiger partial charge is 0.307 e. The van der Waals surface area contributed by atoms with Crippen LogP contribution in [0.25, 0.3) is 0 Å². The Labute approximate surface area is 149 Å². The number of aromatic nitrogens is 4. The molecule has 7 heteroatoms. The summed E-state index contributed by atoms with van der Waals surface area (Å²) < 4.78 is 3.97. The van der Waals surface area contributed by atoms with E-state index in [1.54, 1.807) is 11.8 Å². The minimum absolute atomic E-state index is 0.106. The molecule has 126 valence electrons. The summed E-state index contributed by atoms with van der Waals surface area (Å²) in [6.45, 7) is 5.61. The van der Waals surface area contributed by atoms with Crippen LogP contribution in [-0.4, -0.2) is 25.1 Å². The first-order valence-corrected chi connectivity index (χ1v) is 9.79. The van der Waals surface area contributed by atoms with Gasteiger partial charge < -0.3 is 9.13 Å². The van der Waals surface area contributed by atoms with Gasteiger partial charge >= 0.3 is 4.87 Å². The second kappa shape index (κ2) is 7.81. The lowest BCUT2D eigenvalue weighted by Crippen LogP contribution is -2.16.